The number of rotatable bonds is 7. The van der Waals surface area contributed by atoms with Crippen molar-refractivity contribution >= 4 is 25.0 Å². The first kappa shape index (κ1) is 33.7. The van der Waals surface area contributed by atoms with E-state index in [0.717, 1.165) is 0 Å². The number of aryl methyl sites for hydroxylation is 1. The predicted octanol–water partition coefficient (Wildman–Crippen LogP) is 6.34. The van der Waals surface area contributed by atoms with Crippen molar-refractivity contribution in [3.05, 3.63) is 32.6 Å². The summed E-state index contributed by atoms with van der Waals surface area (Å²) in [4.78, 5) is 28.2. The summed E-state index contributed by atoms with van der Waals surface area (Å²) in [6.45, 7) is 33.8. The van der Waals surface area contributed by atoms with Crippen molar-refractivity contribution in [1.29, 1.82) is 0 Å². The fraction of sp³-hybridized carbons (Fsp3) is 0.862. The monoisotopic (exact) mass is 612 g/mol. The number of H-pyrrole nitrogens is 1. The molecule has 0 aromatic carbocycles. The zero-order chi connectivity index (χ0) is 30.9. The summed E-state index contributed by atoms with van der Waals surface area (Å²) in [6.07, 6.45) is -0.293. The van der Waals surface area contributed by atoms with Crippen molar-refractivity contribution in [3.8, 4) is 0 Å². The average Bonchev–Trinajstić information content (AvgIpc) is 3.22. The summed E-state index contributed by atoms with van der Waals surface area (Å²) < 4.78 is 29.9. The van der Waals surface area contributed by atoms with Crippen LogP contribution in [-0.4, -0.2) is 59.4 Å². The van der Waals surface area contributed by atoms with E-state index in [9.17, 15) is 9.59 Å². The van der Waals surface area contributed by atoms with Gasteiger partial charge in [0, 0.05) is 18.2 Å². The van der Waals surface area contributed by atoms with Gasteiger partial charge in [-0.05, 0) is 60.8 Å². The maximum atomic E-state index is 13.4. The van der Waals surface area contributed by atoms with Crippen LogP contribution < -0.4 is 11.2 Å². The molecule has 2 aliphatic rings. The molecule has 0 unspecified atom stereocenters. The second kappa shape index (κ2) is 10.4. The molecule has 1 saturated heterocycles. The second-order valence-corrected chi connectivity index (χ2v) is 30.8. The van der Waals surface area contributed by atoms with Gasteiger partial charge < -0.3 is 18.0 Å². The Kier molecular flexibility index (Phi) is 8.76. The van der Waals surface area contributed by atoms with Gasteiger partial charge in [0.2, 0.25) is 0 Å². The number of fused-ring (bicyclic) bond motifs is 2. The number of aromatic amines is 1. The van der Waals surface area contributed by atoms with Crippen LogP contribution >= 0.6 is 0 Å². The van der Waals surface area contributed by atoms with Gasteiger partial charge in [0.25, 0.3) is 5.56 Å². The van der Waals surface area contributed by atoms with E-state index in [-0.39, 0.29) is 20.7 Å². The van der Waals surface area contributed by atoms with Gasteiger partial charge in [-0.2, -0.15) is 0 Å². The van der Waals surface area contributed by atoms with Crippen LogP contribution in [0.4, 0.5) is 0 Å². The molecule has 2 aliphatic heterocycles. The van der Waals surface area contributed by atoms with Crippen LogP contribution in [0.5, 0.6) is 0 Å². The summed E-state index contributed by atoms with van der Waals surface area (Å²) in [6, 6.07) is 1.52. The van der Waals surface area contributed by atoms with Crippen LogP contribution in [0.2, 0.25) is 54.4 Å². The first-order chi connectivity index (χ1) is 17.8. The maximum absolute atomic E-state index is 13.4. The third-order valence-corrected chi connectivity index (χ3v) is 23.9. The van der Waals surface area contributed by atoms with Crippen molar-refractivity contribution in [2.24, 2.45) is 0 Å². The summed E-state index contributed by atoms with van der Waals surface area (Å²) in [5, 5.41) is -0.0693. The quantitative estimate of drug-likeness (QED) is 0.362. The zero-order valence-corrected chi connectivity index (χ0v) is 30.8. The van der Waals surface area contributed by atoms with Crippen LogP contribution in [0.15, 0.2) is 15.7 Å². The number of ether oxygens (including phenoxy) is 1. The van der Waals surface area contributed by atoms with Crippen LogP contribution in [-0.2, 0) is 30.2 Å². The first-order valence-corrected chi connectivity index (χ1v) is 23.5. The van der Waals surface area contributed by atoms with E-state index in [4.69, 9.17) is 18.0 Å². The Morgan fingerprint density at radius 1 is 0.875 bits per heavy atom. The highest BCUT2D eigenvalue weighted by atomic mass is 28.4. The molecule has 0 bridgehead atoms. The topological polar surface area (TPSA) is 91.8 Å². The Labute approximate surface area is 244 Å². The zero-order valence-electron chi connectivity index (χ0n) is 27.8. The lowest BCUT2D eigenvalue weighted by Gasteiger charge is -2.46. The molecule has 0 radical (unpaired) electrons. The van der Waals surface area contributed by atoms with E-state index in [0.29, 0.717) is 25.1 Å². The number of nitrogens with zero attached hydrogens (tertiary/aromatic N) is 1. The van der Waals surface area contributed by atoms with Gasteiger partial charge in [-0.1, -0.05) is 62.3 Å². The van der Waals surface area contributed by atoms with E-state index in [1.54, 1.807) is 4.57 Å². The fourth-order valence-corrected chi connectivity index (χ4v) is 8.36. The molecule has 1 N–H and O–H groups in total. The summed E-state index contributed by atoms with van der Waals surface area (Å²) in [7, 11) is -6.77. The molecule has 0 amide bonds. The standard InChI is InChI=1S/C29H56N2O6Si3/c1-26(2,3)38(10,11)34-19-21-23(36-39(12,13)27(4,5)6)24(37-40(14,15)28(7,8)9)29(35-21)17-16-20-18-22(32)30-25(33)31(20)29/h18,21,23-24H,16-17,19H2,1-15H3,(H,30,32,33)/t21-,23-,24-,29-/m1/s1. The van der Waals surface area contributed by atoms with Gasteiger partial charge in [0.05, 0.1) is 6.61 Å². The second-order valence-electron chi connectivity index (χ2n) is 16.5. The molecule has 230 valence electrons. The number of hydrogen-bond donors (Lipinski definition) is 1. The average molecular weight is 613 g/mol. The summed E-state index contributed by atoms with van der Waals surface area (Å²) >= 11 is 0. The molecule has 0 aliphatic carbocycles. The molecule has 1 aromatic rings. The van der Waals surface area contributed by atoms with Crippen LogP contribution in [0, 0.1) is 0 Å². The van der Waals surface area contributed by atoms with Gasteiger partial charge in [-0.25, -0.2) is 4.79 Å². The number of hydrogen-bond acceptors (Lipinski definition) is 6. The largest absolute Gasteiger partial charge is 0.414 e. The minimum Gasteiger partial charge on any atom is -0.414 e. The van der Waals surface area contributed by atoms with Crippen molar-refractivity contribution in [2.45, 2.75) is 154 Å². The van der Waals surface area contributed by atoms with Gasteiger partial charge in [0.15, 0.2) is 30.7 Å². The van der Waals surface area contributed by atoms with E-state index < -0.39 is 54.7 Å². The third kappa shape index (κ3) is 6.12. The molecule has 1 spiro atoms. The Hall–Kier alpha value is -0.829. The Morgan fingerprint density at radius 2 is 1.38 bits per heavy atom. The minimum absolute atomic E-state index is 0.0342. The van der Waals surface area contributed by atoms with Gasteiger partial charge in [0.1, 0.15) is 18.3 Å². The van der Waals surface area contributed by atoms with Gasteiger partial charge in [-0.15, -0.1) is 0 Å². The van der Waals surface area contributed by atoms with E-state index in [2.05, 4.69) is 107 Å². The van der Waals surface area contributed by atoms with Crippen LogP contribution in [0.3, 0.4) is 0 Å². The maximum Gasteiger partial charge on any atom is 0.330 e. The highest BCUT2D eigenvalue weighted by molar-refractivity contribution is 6.75. The lowest BCUT2D eigenvalue weighted by Crippen LogP contribution is -2.58. The molecule has 0 saturated carbocycles. The van der Waals surface area contributed by atoms with Crippen molar-refractivity contribution in [2.75, 3.05) is 6.61 Å². The summed E-state index contributed by atoms with van der Waals surface area (Å²) in [5.41, 5.74) is -1.25. The molecule has 8 nitrogen and oxygen atoms in total. The normalized spacial score (nSPS) is 26.5. The van der Waals surface area contributed by atoms with Crippen molar-refractivity contribution in [3.63, 3.8) is 0 Å². The Morgan fingerprint density at radius 3 is 1.88 bits per heavy atom. The number of nitrogens with one attached hydrogen (secondary N) is 1. The number of aromatic nitrogens is 2. The smallest absolute Gasteiger partial charge is 0.330 e. The van der Waals surface area contributed by atoms with Crippen LogP contribution in [0.1, 0.15) is 74.4 Å². The summed E-state index contributed by atoms with van der Waals surface area (Å²) in [5.74, 6) is 0. The van der Waals surface area contributed by atoms with E-state index in [1.807, 2.05) is 0 Å². The fourth-order valence-electron chi connectivity index (χ4n) is 4.73. The molecule has 1 fully saturated rings. The van der Waals surface area contributed by atoms with E-state index in [1.165, 1.54) is 6.07 Å². The van der Waals surface area contributed by atoms with Crippen molar-refractivity contribution < 1.29 is 18.0 Å². The van der Waals surface area contributed by atoms with Crippen molar-refractivity contribution in [1.82, 2.24) is 9.55 Å². The van der Waals surface area contributed by atoms with Gasteiger partial charge in [-0.3, -0.25) is 14.3 Å². The van der Waals surface area contributed by atoms with Crippen LogP contribution in [0.25, 0.3) is 0 Å². The molecule has 3 rings (SSSR count). The van der Waals surface area contributed by atoms with Gasteiger partial charge >= 0.3 is 5.69 Å². The molecule has 4 atom stereocenters. The predicted molar refractivity (Wildman–Crippen MR) is 170 cm³/mol. The molecule has 40 heavy (non-hydrogen) atoms. The third-order valence-electron chi connectivity index (χ3n) is 10.5. The SMILES string of the molecule is CC(C)(C)[Si](C)(C)OC[C@H]1O[C@]2(CCc3cc(=O)[nH]c(=O)n32)[C@H](O[Si](C)(C)C(C)(C)C)[C@@H]1O[Si](C)(C)C(C)(C)C. The lowest BCUT2D eigenvalue weighted by molar-refractivity contribution is -0.140. The Balaban J connectivity index is 2.22. The minimum atomic E-state index is -2.36. The Bertz CT molecular complexity index is 1200. The highest BCUT2D eigenvalue weighted by Gasteiger charge is 2.63. The first-order valence-electron chi connectivity index (χ1n) is 14.8. The molecular weight excluding hydrogens is 557 g/mol. The molecule has 11 heteroatoms. The molecular formula is C29H56N2O6Si3. The van der Waals surface area contributed by atoms with E-state index >= 15 is 0 Å². The lowest BCUT2D eigenvalue weighted by atomic mass is 10.0. The molecule has 1 aromatic heterocycles. The molecule has 3 heterocycles. The highest BCUT2D eigenvalue weighted by Crippen LogP contribution is 2.51.